The van der Waals surface area contributed by atoms with Gasteiger partial charge in [-0.3, -0.25) is 9.59 Å². The molecule has 1 aliphatic carbocycles. The van der Waals surface area contributed by atoms with Gasteiger partial charge in [0.2, 0.25) is 5.43 Å². The number of carboxylic acids is 2. The van der Waals surface area contributed by atoms with Gasteiger partial charge in [-0.1, -0.05) is 0 Å². The molecule has 1 saturated heterocycles. The average molecular weight is 486 g/mol. The van der Waals surface area contributed by atoms with Gasteiger partial charge < -0.3 is 29.6 Å². The third-order valence-corrected chi connectivity index (χ3v) is 6.23. The number of methoxy groups -OCH3 is 1. The molecule has 1 aliphatic heterocycles. The maximum atomic E-state index is 15.4. The largest absolute Gasteiger partial charge is 0.492 e. The lowest BCUT2D eigenvalue weighted by molar-refractivity contribution is -0.137. The lowest BCUT2D eigenvalue weighted by Crippen LogP contribution is -2.34. The van der Waals surface area contributed by atoms with Crippen LogP contribution in [0, 0.1) is 11.7 Å². The average Bonchev–Trinajstić information content (AvgIpc) is 3.51. The molecule has 2 atom stereocenters. The number of hydrogen-bond acceptors (Lipinski definition) is 7. The van der Waals surface area contributed by atoms with Crippen molar-refractivity contribution in [3.63, 3.8) is 0 Å². The van der Waals surface area contributed by atoms with Gasteiger partial charge in [-0.05, 0) is 31.2 Å². The summed E-state index contributed by atoms with van der Waals surface area (Å²) in [5, 5.41) is 27.9. The van der Waals surface area contributed by atoms with Crippen molar-refractivity contribution >= 4 is 40.9 Å². The molecule has 10 nitrogen and oxygen atoms in total. The number of nitrogens with one attached hydrogen (secondary N) is 1. The third-order valence-electron chi connectivity index (χ3n) is 6.23. The van der Waals surface area contributed by atoms with Crippen LogP contribution in [0.2, 0.25) is 0 Å². The Balaban J connectivity index is 0.00000306. The van der Waals surface area contributed by atoms with Crippen molar-refractivity contribution in [1.82, 2.24) is 10.0 Å². The van der Waals surface area contributed by atoms with Gasteiger partial charge >= 0.3 is 11.9 Å². The fraction of sp³-hybridized carbons (Fsp3) is 0.476. The van der Waals surface area contributed by atoms with Gasteiger partial charge in [0.1, 0.15) is 11.3 Å². The predicted octanol–water partition coefficient (Wildman–Crippen LogP) is 2.25. The second kappa shape index (κ2) is 9.54. The molecule has 2 aromatic rings. The van der Waals surface area contributed by atoms with E-state index in [4.69, 9.17) is 9.84 Å². The monoisotopic (exact) mass is 485 g/mol. The fourth-order valence-corrected chi connectivity index (χ4v) is 4.53. The lowest BCUT2D eigenvalue weighted by Gasteiger charge is -2.24. The molecule has 1 aromatic heterocycles. The molecular formula is C21H25ClFN3O7. The second-order valence-corrected chi connectivity index (χ2v) is 8.28. The Morgan fingerprint density at radius 2 is 1.97 bits per heavy atom. The minimum Gasteiger partial charge on any atom is -0.492 e. The van der Waals surface area contributed by atoms with E-state index in [9.17, 15) is 24.7 Å². The fourth-order valence-electron chi connectivity index (χ4n) is 4.53. The van der Waals surface area contributed by atoms with Gasteiger partial charge in [-0.2, -0.15) is 0 Å². The van der Waals surface area contributed by atoms with Crippen molar-refractivity contribution in [1.29, 1.82) is 0 Å². The van der Waals surface area contributed by atoms with E-state index in [-0.39, 0.29) is 67.1 Å². The Kier molecular flexibility index (Phi) is 7.15. The topological polar surface area (TPSA) is 141 Å². The van der Waals surface area contributed by atoms with E-state index in [2.05, 4.69) is 5.48 Å². The number of pyridine rings is 1. The first-order valence-corrected chi connectivity index (χ1v) is 10.3. The number of anilines is 1. The van der Waals surface area contributed by atoms with Crippen LogP contribution in [0.1, 0.15) is 42.1 Å². The molecule has 2 fully saturated rings. The maximum absolute atomic E-state index is 15.4. The van der Waals surface area contributed by atoms with Crippen LogP contribution in [0.25, 0.3) is 10.9 Å². The first kappa shape index (κ1) is 24.7. The molecule has 4 N–H and O–H groups in total. The van der Waals surface area contributed by atoms with Crippen LogP contribution in [0.5, 0.6) is 5.75 Å². The van der Waals surface area contributed by atoms with Crippen molar-refractivity contribution in [2.45, 2.75) is 37.8 Å². The van der Waals surface area contributed by atoms with Crippen molar-refractivity contribution in [3.8, 4) is 5.75 Å². The minimum absolute atomic E-state index is 0. The van der Waals surface area contributed by atoms with E-state index in [0.717, 1.165) is 18.9 Å². The number of carbonyl (C=O) groups is 2. The summed E-state index contributed by atoms with van der Waals surface area (Å²) in [6.07, 6.45) is 3.07. The SMILES string of the molecule is COc1c(N2CC(CCC(=O)O)C(NO)C2)c(F)cc2c(=O)c(C(=O)O)cn(C3CC3)c12.Cl. The number of aliphatic carboxylic acids is 1. The zero-order valence-corrected chi connectivity index (χ0v) is 18.6. The van der Waals surface area contributed by atoms with Crippen molar-refractivity contribution < 1.29 is 34.1 Å². The van der Waals surface area contributed by atoms with Crippen molar-refractivity contribution in [2.24, 2.45) is 5.92 Å². The summed E-state index contributed by atoms with van der Waals surface area (Å²) in [5.41, 5.74) is 1.38. The molecule has 1 aromatic carbocycles. The zero-order chi connectivity index (χ0) is 23.2. The summed E-state index contributed by atoms with van der Waals surface area (Å²) >= 11 is 0. The van der Waals surface area contributed by atoms with Crippen LogP contribution in [0.4, 0.5) is 10.1 Å². The minimum atomic E-state index is -1.38. The summed E-state index contributed by atoms with van der Waals surface area (Å²) in [5.74, 6) is -3.25. The number of ether oxygens (including phenoxy) is 1. The van der Waals surface area contributed by atoms with Gasteiger partial charge in [0.05, 0.1) is 24.1 Å². The molecule has 0 amide bonds. The molecule has 12 heteroatoms. The quantitative estimate of drug-likeness (QED) is 0.414. The molecule has 33 heavy (non-hydrogen) atoms. The van der Waals surface area contributed by atoms with Crippen LogP contribution in [-0.4, -0.2) is 58.2 Å². The second-order valence-electron chi connectivity index (χ2n) is 8.28. The highest BCUT2D eigenvalue weighted by atomic mass is 35.5. The Bertz CT molecular complexity index is 1150. The summed E-state index contributed by atoms with van der Waals surface area (Å²) in [6, 6.07) is 0.540. The van der Waals surface area contributed by atoms with Crippen molar-refractivity contribution in [3.05, 3.63) is 33.9 Å². The molecule has 0 radical (unpaired) electrons. The van der Waals surface area contributed by atoms with E-state index in [1.807, 2.05) is 0 Å². The molecular weight excluding hydrogens is 461 g/mol. The van der Waals surface area contributed by atoms with E-state index in [1.54, 1.807) is 9.47 Å². The first-order chi connectivity index (χ1) is 15.3. The number of halogens is 2. The number of nitrogens with zero attached hydrogens (tertiary/aromatic N) is 2. The number of hydrogen-bond donors (Lipinski definition) is 4. The van der Waals surface area contributed by atoms with E-state index in [0.29, 0.717) is 5.52 Å². The summed E-state index contributed by atoms with van der Waals surface area (Å²) in [6.45, 7) is 0.464. The van der Waals surface area contributed by atoms with E-state index in [1.165, 1.54) is 13.3 Å². The number of aromatic nitrogens is 1. The zero-order valence-electron chi connectivity index (χ0n) is 17.8. The molecule has 0 bridgehead atoms. The number of fused-ring (bicyclic) bond motifs is 1. The molecule has 2 aliphatic rings. The summed E-state index contributed by atoms with van der Waals surface area (Å²) < 4.78 is 22.6. The predicted molar refractivity (Wildman–Crippen MR) is 118 cm³/mol. The Labute approximate surface area is 193 Å². The smallest absolute Gasteiger partial charge is 0.341 e. The molecule has 180 valence electrons. The third kappa shape index (κ3) is 4.48. The van der Waals surface area contributed by atoms with Gasteiger partial charge in [0.15, 0.2) is 11.6 Å². The van der Waals surface area contributed by atoms with Gasteiger partial charge in [0.25, 0.3) is 0 Å². The molecule has 2 heterocycles. The van der Waals surface area contributed by atoms with Crippen LogP contribution in [-0.2, 0) is 4.79 Å². The van der Waals surface area contributed by atoms with Gasteiger partial charge in [-0.25, -0.2) is 14.7 Å². The van der Waals surface area contributed by atoms with E-state index >= 15 is 4.39 Å². The van der Waals surface area contributed by atoms with Crippen LogP contribution in [0.3, 0.4) is 0 Å². The highest BCUT2D eigenvalue weighted by Gasteiger charge is 2.37. The number of carboxylic acid groups (broad SMARTS) is 2. The van der Waals surface area contributed by atoms with Gasteiger partial charge in [0, 0.05) is 31.7 Å². The van der Waals surface area contributed by atoms with Crippen LogP contribution >= 0.6 is 12.4 Å². The maximum Gasteiger partial charge on any atom is 0.341 e. The Morgan fingerprint density at radius 3 is 2.52 bits per heavy atom. The number of benzene rings is 1. The highest BCUT2D eigenvalue weighted by molar-refractivity contribution is 5.97. The van der Waals surface area contributed by atoms with E-state index < -0.39 is 34.8 Å². The normalized spacial score (nSPS) is 20.0. The Hall–Kier alpha value is -2.89. The Morgan fingerprint density at radius 1 is 1.27 bits per heavy atom. The summed E-state index contributed by atoms with van der Waals surface area (Å²) in [7, 11) is 1.35. The highest BCUT2D eigenvalue weighted by Crippen LogP contribution is 2.44. The summed E-state index contributed by atoms with van der Waals surface area (Å²) in [4.78, 5) is 37.0. The van der Waals surface area contributed by atoms with Crippen LogP contribution < -0.4 is 20.5 Å². The number of hydroxylamine groups is 1. The molecule has 2 unspecified atom stereocenters. The van der Waals surface area contributed by atoms with Gasteiger partial charge in [-0.15, -0.1) is 12.4 Å². The number of aromatic carboxylic acids is 1. The van der Waals surface area contributed by atoms with Crippen LogP contribution in [0.15, 0.2) is 17.1 Å². The molecule has 1 saturated carbocycles. The van der Waals surface area contributed by atoms with Crippen molar-refractivity contribution in [2.75, 3.05) is 25.1 Å². The standard InChI is InChI=1S/C21H24FN3O7.ClH/c1-32-20-17-12(19(28)13(21(29)30)8-25(17)11-3-4-11)6-14(22)18(20)24-7-10(2-5-16(26)27)15(9-24)23-31;/h6,8,10-11,15,23,31H,2-5,7,9H2,1H3,(H,26,27)(H,29,30);1H. The molecule has 0 spiro atoms. The lowest BCUT2D eigenvalue weighted by atomic mass is 9.98. The number of rotatable bonds is 8. The first-order valence-electron chi connectivity index (χ1n) is 10.3. The molecule has 4 rings (SSSR count).